The van der Waals surface area contributed by atoms with Crippen LogP contribution >= 0.6 is 15.9 Å². The number of rotatable bonds is 7. The van der Waals surface area contributed by atoms with Crippen molar-refractivity contribution in [3.63, 3.8) is 0 Å². The zero-order valence-electron chi connectivity index (χ0n) is 9.87. The highest BCUT2D eigenvalue weighted by Crippen LogP contribution is 2.17. The number of hydrogen-bond donors (Lipinski definition) is 1. The fourth-order valence-corrected chi connectivity index (χ4v) is 1.60. The first-order valence-corrected chi connectivity index (χ1v) is 6.21. The second kappa shape index (κ2) is 7.65. The molecule has 0 aliphatic heterocycles. The maximum atomic E-state index is 5.59. The fraction of sp³-hybridized carbons (Fsp3) is 0.500. The van der Waals surface area contributed by atoms with Crippen LogP contribution in [0.1, 0.15) is 0 Å². The van der Waals surface area contributed by atoms with Crippen LogP contribution < -0.4 is 10.1 Å². The second-order valence-corrected chi connectivity index (χ2v) is 4.77. The van der Waals surface area contributed by atoms with Crippen LogP contribution in [-0.2, 0) is 0 Å². The molecule has 0 aromatic heterocycles. The van der Waals surface area contributed by atoms with E-state index in [4.69, 9.17) is 4.74 Å². The molecule has 1 aromatic carbocycles. The van der Waals surface area contributed by atoms with Gasteiger partial charge in [-0.2, -0.15) is 0 Å². The van der Waals surface area contributed by atoms with Crippen LogP contribution in [0.5, 0.6) is 5.75 Å². The van der Waals surface area contributed by atoms with Crippen LogP contribution in [0.25, 0.3) is 0 Å². The van der Waals surface area contributed by atoms with Gasteiger partial charge in [-0.25, -0.2) is 0 Å². The van der Waals surface area contributed by atoms with Crippen molar-refractivity contribution in [3.05, 3.63) is 28.7 Å². The summed E-state index contributed by atoms with van der Waals surface area (Å²) >= 11 is 3.41. The molecule has 0 heterocycles. The van der Waals surface area contributed by atoms with Gasteiger partial charge < -0.3 is 15.0 Å². The maximum absolute atomic E-state index is 5.59. The standard InChI is InChI=1S/C12H19BrN2O/c1-15(2)8-6-14-7-9-16-12-5-3-4-11(13)10-12/h3-5,10,14H,6-9H2,1-2H3. The Morgan fingerprint density at radius 1 is 1.31 bits per heavy atom. The average molecular weight is 287 g/mol. The van der Waals surface area contributed by atoms with E-state index in [-0.39, 0.29) is 0 Å². The number of benzene rings is 1. The lowest BCUT2D eigenvalue weighted by Crippen LogP contribution is -2.29. The van der Waals surface area contributed by atoms with Gasteiger partial charge in [-0.3, -0.25) is 0 Å². The molecule has 0 bridgehead atoms. The molecule has 90 valence electrons. The summed E-state index contributed by atoms with van der Waals surface area (Å²) < 4.78 is 6.63. The number of nitrogens with zero attached hydrogens (tertiary/aromatic N) is 1. The first-order chi connectivity index (χ1) is 7.68. The Balaban J connectivity index is 2.07. The zero-order chi connectivity index (χ0) is 11.8. The highest BCUT2D eigenvalue weighted by Gasteiger charge is 1.94. The van der Waals surface area contributed by atoms with E-state index in [0.717, 1.165) is 29.9 Å². The van der Waals surface area contributed by atoms with Crippen molar-refractivity contribution in [2.75, 3.05) is 40.3 Å². The van der Waals surface area contributed by atoms with Crippen molar-refractivity contribution in [3.8, 4) is 5.75 Å². The van der Waals surface area contributed by atoms with Gasteiger partial charge in [0, 0.05) is 24.1 Å². The molecule has 1 aromatic rings. The minimum atomic E-state index is 0.698. The highest BCUT2D eigenvalue weighted by atomic mass is 79.9. The van der Waals surface area contributed by atoms with Crippen LogP contribution in [0.2, 0.25) is 0 Å². The van der Waals surface area contributed by atoms with Crippen molar-refractivity contribution in [1.82, 2.24) is 10.2 Å². The third-order valence-electron chi connectivity index (χ3n) is 2.08. The van der Waals surface area contributed by atoms with Gasteiger partial charge in [-0.05, 0) is 32.3 Å². The van der Waals surface area contributed by atoms with E-state index < -0.39 is 0 Å². The monoisotopic (exact) mass is 286 g/mol. The molecule has 0 aliphatic carbocycles. The lowest BCUT2D eigenvalue weighted by atomic mass is 10.3. The third-order valence-corrected chi connectivity index (χ3v) is 2.57. The Labute approximate surface area is 106 Å². The Bertz CT molecular complexity index is 305. The van der Waals surface area contributed by atoms with Gasteiger partial charge in [0.2, 0.25) is 0 Å². The first-order valence-electron chi connectivity index (χ1n) is 5.42. The van der Waals surface area contributed by atoms with E-state index in [1.54, 1.807) is 0 Å². The summed E-state index contributed by atoms with van der Waals surface area (Å²) in [5, 5.41) is 3.32. The second-order valence-electron chi connectivity index (χ2n) is 3.86. The third kappa shape index (κ3) is 6.10. The van der Waals surface area contributed by atoms with E-state index >= 15 is 0 Å². The smallest absolute Gasteiger partial charge is 0.120 e. The summed E-state index contributed by atoms with van der Waals surface area (Å²) in [6, 6.07) is 7.89. The average Bonchev–Trinajstić information content (AvgIpc) is 2.23. The summed E-state index contributed by atoms with van der Waals surface area (Å²) in [5.74, 6) is 0.906. The van der Waals surface area contributed by atoms with Crippen molar-refractivity contribution < 1.29 is 4.74 Å². The topological polar surface area (TPSA) is 24.5 Å². The van der Waals surface area contributed by atoms with Crippen molar-refractivity contribution in [1.29, 1.82) is 0 Å². The Hall–Kier alpha value is -0.580. The Morgan fingerprint density at radius 2 is 2.12 bits per heavy atom. The molecule has 0 amide bonds. The Kier molecular flexibility index (Phi) is 6.45. The summed E-state index contributed by atoms with van der Waals surface area (Å²) in [5.41, 5.74) is 0. The minimum Gasteiger partial charge on any atom is -0.492 e. The minimum absolute atomic E-state index is 0.698. The number of halogens is 1. The molecule has 1 rings (SSSR count). The van der Waals surface area contributed by atoms with E-state index in [2.05, 4.69) is 40.2 Å². The van der Waals surface area contributed by atoms with Crippen LogP contribution in [0.3, 0.4) is 0 Å². The molecule has 1 N–H and O–H groups in total. The van der Waals surface area contributed by atoms with Crippen LogP contribution in [0, 0.1) is 0 Å². The molecule has 0 unspecified atom stereocenters. The van der Waals surface area contributed by atoms with Crippen LogP contribution in [0.15, 0.2) is 28.7 Å². The number of likely N-dealkylation sites (N-methyl/N-ethyl adjacent to an activating group) is 1. The Morgan fingerprint density at radius 3 is 2.81 bits per heavy atom. The van der Waals surface area contributed by atoms with Gasteiger partial charge in [-0.1, -0.05) is 22.0 Å². The molecular weight excluding hydrogens is 268 g/mol. The van der Waals surface area contributed by atoms with E-state index in [0.29, 0.717) is 6.61 Å². The fourth-order valence-electron chi connectivity index (χ4n) is 1.23. The molecule has 0 saturated heterocycles. The van der Waals surface area contributed by atoms with Crippen molar-refractivity contribution in [2.24, 2.45) is 0 Å². The SMILES string of the molecule is CN(C)CCNCCOc1cccc(Br)c1. The van der Waals surface area contributed by atoms with Gasteiger partial charge >= 0.3 is 0 Å². The van der Waals surface area contributed by atoms with Gasteiger partial charge in [0.05, 0.1) is 0 Å². The van der Waals surface area contributed by atoms with E-state index in [9.17, 15) is 0 Å². The van der Waals surface area contributed by atoms with Crippen LogP contribution in [0.4, 0.5) is 0 Å². The molecule has 0 saturated carbocycles. The number of ether oxygens (including phenoxy) is 1. The highest BCUT2D eigenvalue weighted by molar-refractivity contribution is 9.10. The van der Waals surface area contributed by atoms with Crippen LogP contribution in [-0.4, -0.2) is 45.2 Å². The number of nitrogens with one attached hydrogen (secondary N) is 1. The van der Waals surface area contributed by atoms with Gasteiger partial charge in [0.25, 0.3) is 0 Å². The summed E-state index contributed by atoms with van der Waals surface area (Å²) in [7, 11) is 4.14. The van der Waals surface area contributed by atoms with E-state index in [1.807, 2.05) is 24.3 Å². The maximum Gasteiger partial charge on any atom is 0.120 e. The normalized spacial score (nSPS) is 10.8. The predicted octanol–water partition coefficient (Wildman–Crippen LogP) is 1.98. The molecule has 0 radical (unpaired) electrons. The lowest BCUT2D eigenvalue weighted by molar-refractivity contribution is 0.308. The molecule has 0 aliphatic rings. The van der Waals surface area contributed by atoms with Crippen molar-refractivity contribution >= 4 is 15.9 Å². The van der Waals surface area contributed by atoms with Gasteiger partial charge in [0.15, 0.2) is 0 Å². The van der Waals surface area contributed by atoms with Gasteiger partial charge in [-0.15, -0.1) is 0 Å². The molecule has 0 atom stereocenters. The quantitative estimate of drug-likeness (QED) is 0.776. The molecule has 0 fully saturated rings. The largest absolute Gasteiger partial charge is 0.492 e. The number of hydrogen-bond acceptors (Lipinski definition) is 3. The summed E-state index contributed by atoms with van der Waals surface area (Å²) in [4.78, 5) is 2.15. The van der Waals surface area contributed by atoms with Crippen molar-refractivity contribution in [2.45, 2.75) is 0 Å². The summed E-state index contributed by atoms with van der Waals surface area (Å²) in [6.45, 7) is 3.62. The zero-order valence-corrected chi connectivity index (χ0v) is 11.5. The summed E-state index contributed by atoms with van der Waals surface area (Å²) in [6.07, 6.45) is 0. The molecule has 0 spiro atoms. The molecule has 3 nitrogen and oxygen atoms in total. The molecule has 16 heavy (non-hydrogen) atoms. The predicted molar refractivity (Wildman–Crippen MR) is 71.1 cm³/mol. The lowest BCUT2D eigenvalue weighted by Gasteiger charge is -2.11. The molecule has 4 heteroatoms. The van der Waals surface area contributed by atoms with Gasteiger partial charge in [0.1, 0.15) is 12.4 Å². The molecular formula is C12H19BrN2O. The van der Waals surface area contributed by atoms with E-state index in [1.165, 1.54) is 0 Å². The first kappa shape index (κ1) is 13.5.